The topological polar surface area (TPSA) is 25.8 Å². The van der Waals surface area contributed by atoms with E-state index in [-0.39, 0.29) is 0 Å². The predicted octanol–water partition coefficient (Wildman–Crippen LogP) is 2.83. The molecule has 1 aliphatic rings. The second-order valence-corrected chi connectivity index (χ2v) is 3.78. The van der Waals surface area contributed by atoms with E-state index in [9.17, 15) is 0 Å². The molecule has 0 fully saturated rings. The highest BCUT2D eigenvalue weighted by molar-refractivity contribution is 6.00. The maximum atomic E-state index is 4.22. The Morgan fingerprint density at radius 1 is 1.00 bits per heavy atom. The molecule has 2 aromatic heterocycles. The zero-order valence-electron chi connectivity index (χ0n) is 8.49. The second-order valence-electron chi connectivity index (χ2n) is 3.78. The summed E-state index contributed by atoms with van der Waals surface area (Å²) in [6.07, 6.45) is 7.45. The standard InChI is InChI=1S/C13H10N2/c1-8-5-15-7-12-11-6-14-4-3-10(11)9(2)13(8)12/h3-7H,2H2,1H3. The first-order valence-corrected chi connectivity index (χ1v) is 4.87. The molecule has 0 saturated carbocycles. The maximum Gasteiger partial charge on any atom is 0.0353 e. The fraction of sp³-hybridized carbons (Fsp3) is 0.0769. The van der Waals surface area contributed by atoms with Crippen LogP contribution in [-0.2, 0) is 0 Å². The number of aromatic nitrogens is 2. The van der Waals surface area contributed by atoms with Crippen LogP contribution >= 0.6 is 0 Å². The van der Waals surface area contributed by atoms with E-state index >= 15 is 0 Å². The summed E-state index contributed by atoms with van der Waals surface area (Å²) in [6.45, 7) is 6.21. The molecular weight excluding hydrogens is 184 g/mol. The molecule has 2 heteroatoms. The molecule has 0 amide bonds. The van der Waals surface area contributed by atoms with E-state index in [1.54, 1.807) is 6.20 Å². The highest BCUT2D eigenvalue weighted by atomic mass is 14.7. The van der Waals surface area contributed by atoms with Crippen LogP contribution in [0.25, 0.3) is 16.7 Å². The summed E-state index contributed by atoms with van der Waals surface area (Å²) in [6, 6.07) is 2.01. The van der Waals surface area contributed by atoms with Crippen molar-refractivity contribution in [1.82, 2.24) is 9.97 Å². The molecule has 1 aliphatic carbocycles. The molecule has 2 heterocycles. The molecule has 0 N–H and O–H groups in total. The molecule has 0 bridgehead atoms. The minimum Gasteiger partial charge on any atom is -0.264 e. The molecular formula is C13H10N2. The molecule has 15 heavy (non-hydrogen) atoms. The molecule has 0 radical (unpaired) electrons. The van der Waals surface area contributed by atoms with Gasteiger partial charge in [0.2, 0.25) is 0 Å². The number of hydrogen-bond donors (Lipinski definition) is 0. The summed E-state index contributed by atoms with van der Waals surface area (Å²) < 4.78 is 0. The molecule has 3 rings (SSSR count). The minimum absolute atomic E-state index is 1.09. The van der Waals surface area contributed by atoms with Gasteiger partial charge in [-0.3, -0.25) is 9.97 Å². The Hall–Kier alpha value is -1.96. The van der Waals surface area contributed by atoms with Gasteiger partial charge in [0.15, 0.2) is 0 Å². The van der Waals surface area contributed by atoms with E-state index in [0.717, 1.165) is 16.7 Å². The van der Waals surface area contributed by atoms with Gasteiger partial charge in [0, 0.05) is 35.9 Å². The summed E-state index contributed by atoms with van der Waals surface area (Å²) >= 11 is 0. The van der Waals surface area contributed by atoms with Crippen LogP contribution in [0.3, 0.4) is 0 Å². The smallest absolute Gasteiger partial charge is 0.0353 e. The molecule has 2 nitrogen and oxygen atoms in total. The molecule has 0 spiro atoms. The Kier molecular flexibility index (Phi) is 1.54. The van der Waals surface area contributed by atoms with Crippen molar-refractivity contribution in [3.8, 4) is 11.1 Å². The number of aryl methyl sites for hydroxylation is 1. The monoisotopic (exact) mass is 194 g/mol. The number of nitrogens with zero attached hydrogens (tertiary/aromatic N) is 2. The van der Waals surface area contributed by atoms with Gasteiger partial charge in [-0.15, -0.1) is 0 Å². The van der Waals surface area contributed by atoms with Gasteiger partial charge in [-0.05, 0) is 35.3 Å². The predicted molar refractivity (Wildman–Crippen MR) is 60.3 cm³/mol. The van der Waals surface area contributed by atoms with Gasteiger partial charge in [-0.25, -0.2) is 0 Å². The molecule has 0 saturated heterocycles. The first kappa shape index (κ1) is 8.36. The van der Waals surface area contributed by atoms with E-state index in [1.165, 1.54) is 16.7 Å². The summed E-state index contributed by atoms with van der Waals surface area (Å²) in [7, 11) is 0. The fourth-order valence-corrected chi connectivity index (χ4v) is 2.18. The Balaban J connectivity index is 2.43. The lowest BCUT2D eigenvalue weighted by Crippen LogP contribution is -1.86. The summed E-state index contributed by atoms with van der Waals surface area (Å²) in [5, 5.41) is 0. The van der Waals surface area contributed by atoms with Crippen LogP contribution in [0.2, 0.25) is 0 Å². The SMILES string of the molecule is C=C1c2ccncc2-c2cncc(C)c21. The van der Waals surface area contributed by atoms with Crippen molar-refractivity contribution >= 4 is 5.57 Å². The molecule has 0 aliphatic heterocycles. The molecule has 0 unspecified atom stereocenters. The van der Waals surface area contributed by atoms with Crippen LogP contribution in [0.15, 0.2) is 37.4 Å². The summed E-state index contributed by atoms with van der Waals surface area (Å²) in [5.41, 5.74) is 6.96. The quantitative estimate of drug-likeness (QED) is 0.550. The lowest BCUT2D eigenvalue weighted by atomic mass is 10.0. The lowest BCUT2D eigenvalue weighted by molar-refractivity contribution is 1.26. The first-order valence-electron chi connectivity index (χ1n) is 4.87. The van der Waals surface area contributed by atoms with Crippen LogP contribution in [0.1, 0.15) is 16.7 Å². The first-order chi connectivity index (χ1) is 7.29. The van der Waals surface area contributed by atoms with Crippen molar-refractivity contribution in [1.29, 1.82) is 0 Å². The van der Waals surface area contributed by atoms with Crippen LogP contribution in [-0.4, -0.2) is 9.97 Å². The van der Waals surface area contributed by atoms with Crippen molar-refractivity contribution in [2.75, 3.05) is 0 Å². The zero-order valence-corrected chi connectivity index (χ0v) is 8.49. The van der Waals surface area contributed by atoms with Crippen LogP contribution in [0.4, 0.5) is 0 Å². The van der Waals surface area contributed by atoms with E-state index in [0.29, 0.717) is 0 Å². The number of pyridine rings is 2. The third-order valence-corrected chi connectivity index (χ3v) is 2.87. The summed E-state index contributed by atoms with van der Waals surface area (Å²) in [4.78, 5) is 8.37. The van der Waals surface area contributed by atoms with Crippen LogP contribution < -0.4 is 0 Å². The van der Waals surface area contributed by atoms with Crippen LogP contribution in [0.5, 0.6) is 0 Å². The molecule has 2 aromatic rings. The Morgan fingerprint density at radius 3 is 2.67 bits per heavy atom. The maximum absolute atomic E-state index is 4.22. The van der Waals surface area contributed by atoms with Crippen molar-refractivity contribution in [3.63, 3.8) is 0 Å². The lowest BCUT2D eigenvalue weighted by Gasteiger charge is -2.02. The van der Waals surface area contributed by atoms with Crippen molar-refractivity contribution < 1.29 is 0 Å². The van der Waals surface area contributed by atoms with E-state index in [4.69, 9.17) is 0 Å². The summed E-state index contributed by atoms with van der Waals surface area (Å²) in [5.74, 6) is 0. The number of rotatable bonds is 0. The average molecular weight is 194 g/mol. The van der Waals surface area contributed by atoms with E-state index < -0.39 is 0 Å². The van der Waals surface area contributed by atoms with Crippen molar-refractivity contribution in [2.45, 2.75) is 6.92 Å². The van der Waals surface area contributed by atoms with Gasteiger partial charge in [-0.2, -0.15) is 0 Å². The third-order valence-electron chi connectivity index (χ3n) is 2.87. The highest BCUT2D eigenvalue weighted by Crippen LogP contribution is 2.43. The van der Waals surface area contributed by atoms with Gasteiger partial charge < -0.3 is 0 Å². The average Bonchev–Trinajstić information content (AvgIpc) is 2.55. The number of hydrogen-bond acceptors (Lipinski definition) is 2. The Labute approximate surface area is 88.3 Å². The third kappa shape index (κ3) is 0.988. The van der Waals surface area contributed by atoms with Crippen molar-refractivity contribution in [2.24, 2.45) is 0 Å². The second kappa shape index (κ2) is 2.76. The Bertz CT molecular complexity index is 570. The van der Waals surface area contributed by atoms with Crippen molar-refractivity contribution in [3.05, 3.63) is 54.1 Å². The molecule has 0 atom stereocenters. The van der Waals surface area contributed by atoms with Gasteiger partial charge in [0.05, 0.1) is 0 Å². The van der Waals surface area contributed by atoms with E-state index in [2.05, 4.69) is 23.5 Å². The minimum atomic E-state index is 1.09. The number of fused-ring (bicyclic) bond motifs is 3. The highest BCUT2D eigenvalue weighted by Gasteiger charge is 2.23. The zero-order chi connectivity index (χ0) is 10.4. The normalized spacial score (nSPS) is 12.5. The molecule has 0 aromatic carbocycles. The molecule has 72 valence electrons. The van der Waals surface area contributed by atoms with E-state index in [1.807, 2.05) is 24.7 Å². The Morgan fingerprint density at radius 2 is 1.80 bits per heavy atom. The fourth-order valence-electron chi connectivity index (χ4n) is 2.18. The largest absolute Gasteiger partial charge is 0.264 e. The van der Waals surface area contributed by atoms with Crippen LogP contribution in [0, 0.1) is 6.92 Å². The van der Waals surface area contributed by atoms with Gasteiger partial charge in [-0.1, -0.05) is 6.58 Å². The van der Waals surface area contributed by atoms with Gasteiger partial charge >= 0.3 is 0 Å². The van der Waals surface area contributed by atoms with Gasteiger partial charge in [0.1, 0.15) is 0 Å². The van der Waals surface area contributed by atoms with Gasteiger partial charge in [0.25, 0.3) is 0 Å².